The average Bonchev–Trinajstić information content (AvgIpc) is 2.52. The van der Waals surface area contributed by atoms with Crippen molar-refractivity contribution in [2.45, 2.75) is 50.8 Å². The van der Waals surface area contributed by atoms with E-state index in [-0.39, 0.29) is 32.0 Å². The van der Waals surface area contributed by atoms with Gasteiger partial charge in [0.1, 0.15) is 0 Å². The highest BCUT2D eigenvalue weighted by molar-refractivity contribution is 7.90. The molecule has 0 saturated carbocycles. The maximum atomic E-state index is 12.6. The number of piperidine rings is 1. The maximum absolute atomic E-state index is 12.6. The van der Waals surface area contributed by atoms with E-state index < -0.39 is 21.1 Å². The smallest absolute Gasteiger partial charge is 0.377 e. The van der Waals surface area contributed by atoms with Crippen LogP contribution >= 0.6 is 0 Å². The van der Waals surface area contributed by atoms with Crippen LogP contribution in [0.3, 0.4) is 0 Å². The highest BCUT2D eigenvalue weighted by atomic mass is 32.2. The molecule has 0 bridgehead atoms. The third kappa shape index (κ3) is 6.30. The number of nitrogens with zero attached hydrogens (tertiary/aromatic N) is 2. The molecule has 1 aliphatic rings. The predicted octanol–water partition coefficient (Wildman–Crippen LogP) is 1.28. The summed E-state index contributed by atoms with van der Waals surface area (Å²) in [6, 6.07) is -0.150. The van der Waals surface area contributed by atoms with Gasteiger partial charge in [-0.25, -0.2) is 8.42 Å². The molecule has 2 N–H and O–H groups in total. The van der Waals surface area contributed by atoms with Gasteiger partial charge < -0.3 is 15.4 Å². The Morgan fingerprint density at radius 1 is 1.28 bits per heavy atom. The largest absolute Gasteiger partial charge is 0.511 e. The summed E-state index contributed by atoms with van der Waals surface area (Å²) in [6.45, 7) is 6.35. The summed E-state index contributed by atoms with van der Waals surface area (Å²) in [6.07, 6.45) is 0.542. The summed E-state index contributed by atoms with van der Waals surface area (Å²) >= 11 is 0. The van der Waals surface area contributed by atoms with Crippen LogP contribution in [0.4, 0.5) is 13.2 Å². The minimum absolute atomic E-state index is 0.150. The van der Waals surface area contributed by atoms with Crippen LogP contribution in [0, 0.1) is 0 Å². The quantitative estimate of drug-likeness (QED) is 0.529. The van der Waals surface area contributed by atoms with Crippen LogP contribution in [0.2, 0.25) is 0 Å². The number of sulfonamides is 1. The van der Waals surface area contributed by atoms with Gasteiger partial charge in [0.15, 0.2) is 5.96 Å². The second-order valence-corrected chi connectivity index (χ2v) is 8.36. The number of hydrogen-bond donors (Lipinski definition) is 2. The first-order valence-electron chi connectivity index (χ1n) is 8.09. The second-order valence-electron chi connectivity index (χ2n) is 6.43. The zero-order valence-corrected chi connectivity index (χ0v) is 15.8. The Hall–Kier alpha value is -1.07. The van der Waals surface area contributed by atoms with Gasteiger partial charge in [-0.15, -0.1) is 0 Å². The number of aliphatic imine (C=N–C) groups is 1. The van der Waals surface area contributed by atoms with Crippen LogP contribution in [0.15, 0.2) is 4.99 Å². The topological polar surface area (TPSA) is 83.0 Å². The number of ether oxygens (including phenoxy) is 1. The molecule has 0 atom stereocenters. The van der Waals surface area contributed by atoms with Gasteiger partial charge in [-0.05, 0) is 33.6 Å². The van der Waals surface area contributed by atoms with E-state index in [1.165, 1.54) is 0 Å². The van der Waals surface area contributed by atoms with Crippen LogP contribution in [-0.4, -0.2) is 69.1 Å². The van der Waals surface area contributed by atoms with Crippen molar-refractivity contribution in [2.24, 2.45) is 4.99 Å². The van der Waals surface area contributed by atoms with E-state index in [0.29, 0.717) is 23.4 Å². The van der Waals surface area contributed by atoms with Crippen molar-refractivity contribution in [3.05, 3.63) is 0 Å². The standard InChI is InChI=1S/C14H27F3N4O3S/c1-5-18-12(19-10-13(2,3)24-4)20-11-6-8-21(9-7-11)25(22,23)14(15,16)17/h11H,5-10H2,1-4H3,(H2,18,19,20). The second kappa shape index (κ2) is 8.54. The first-order valence-corrected chi connectivity index (χ1v) is 9.53. The first kappa shape index (κ1) is 22.0. The monoisotopic (exact) mass is 388 g/mol. The van der Waals surface area contributed by atoms with E-state index in [2.05, 4.69) is 15.6 Å². The van der Waals surface area contributed by atoms with Crippen LogP contribution < -0.4 is 10.6 Å². The van der Waals surface area contributed by atoms with E-state index in [1.807, 2.05) is 20.8 Å². The number of hydrogen-bond acceptors (Lipinski definition) is 4. The fraction of sp³-hybridized carbons (Fsp3) is 0.929. The molecule has 0 aromatic rings. The van der Waals surface area contributed by atoms with Crippen molar-refractivity contribution < 1.29 is 26.3 Å². The first-order chi connectivity index (χ1) is 11.4. The Morgan fingerprint density at radius 2 is 1.84 bits per heavy atom. The summed E-state index contributed by atoms with van der Waals surface area (Å²) in [5.74, 6) is 0.532. The lowest BCUT2D eigenvalue weighted by Crippen LogP contribution is -2.51. The molecule has 0 amide bonds. The Bertz CT molecular complexity index is 556. The van der Waals surface area contributed by atoms with E-state index in [4.69, 9.17) is 4.74 Å². The van der Waals surface area contributed by atoms with Crippen LogP contribution in [-0.2, 0) is 14.8 Å². The van der Waals surface area contributed by atoms with Crippen molar-refractivity contribution in [2.75, 3.05) is 33.3 Å². The molecular weight excluding hydrogens is 361 g/mol. The lowest BCUT2D eigenvalue weighted by atomic mass is 10.1. The van der Waals surface area contributed by atoms with Crippen molar-refractivity contribution in [1.82, 2.24) is 14.9 Å². The van der Waals surface area contributed by atoms with Crippen molar-refractivity contribution >= 4 is 16.0 Å². The fourth-order valence-electron chi connectivity index (χ4n) is 2.23. The van der Waals surface area contributed by atoms with Crippen molar-refractivity contribution in [1.29, 1.82) is 0 Å². The van der Waals surface area contributed by atoms with Crippen LogP contribution in [0.25, 0.3) is 0 Å². The van der Waals surface area contributed by atoms with Crippen LogP contribution in [0.5, 0.6) is 0 Å². The SMILES string of the molecule is CCNC(=NCC(C)(C)OC)NC1CCN(S(=O)(=O)C(F)(F)F)CC1. The molecular formula is C14H27F3N4O3S. The molecule has 11 heteroatoms. The molecule has 1 fully saturated rings. The van der Waals surface area contributed by atoms with Gasteiger partial charge in [0.05, 0.1) is 12.1 Å². The third-order valence-corrected chi connectivity index (χ3v) is 5.57. The summed E-state index contributed by atoms with van der Waals surface area (Å²) in [7, 11) is -3.66. The molecule has 1 heterocycles. The molecule has 1 aliphatic heterocycles. The molecule has 0 aromatic carbocycles. The molecule has 148 valence electrons. The number of halogens is 3. The number of rotatable bonds is 6. The Kier molecular flexibility index (Phi) is 7.51. The number of methoxy groups -OCH3 is 1. The fourth-order valence-corrected chi connectivity index (χ4v) is 3.22. The Morgan fingerprint density at radius 3 is 2.28 bits per heavy atom. The zero-order valence-electron chi connectivity index (χ0n) is 15.0. The molecule has 1 rings (SSSR count). The normalized spacial score (nSPS) is 19.1. The molecule has 0 spiro atoms. The van der Waals surface area contributed by atoms with Gasteiger partial charge >= 0.3 is 15.5 Å². The third-order valence-electron chi connectivity index (χ3n) is 3.94. The molecule has 25 heavy (non-hydrogen) atoms. The van der Waals surface area contributed by atoms with E-state index in [9.17, 15) is 21.6 Å². The maximum Gasteiger partial charge on any atom is 0.511 e. The van der Waals surface area contributed by atoms with Gasteiger partial charge in [-0.2, -0.15) is 17.5 Å². The van der Waals surface area contributed by atoms with E-state index in [0.717, 1.165) is 0 Å². The Labute approximate surface area is 147 Å². The summed E-state index contributed by atoms with van der Waals surface area (Å²) in [5, 5.41) is 6.21. The molecule has 1 saturated heterocycles. The number of alkyl halides is 3. The number of nitrogens with one attached hydrogen (secondary N) is 2. The number of guanidine groups is 1. The van der Waals surface area contributed by atoms with Crippen molar-refractivity contribution in [3.8, 4) is 0 Å². The molecule has 7 nitrogen and oxygen atoms in total. The van der Waals surface area contributed by atoms with E-state index in [1.54, 1.807) is 7.11 Å². The zero-order chi connectivity index (χ0) is 19.3. The molecule has 0 radical (unpaired) electrons. The molecule has 0 aliphatic carbocycles. The Balaban J connectivity index is 2.65. The minimum atomic E-state index is -5.25. The summed E-state index contributed by atoms with van der Waals surface area (Å²) < 4.78 is 66.4. The highest BCUT2D eigenvalue weighted by Crippen LogP contribution is 2.28. The van der Waals surface area contributed by atoms with Gasteiger partial charge in [0.25, 0.3) is 0 Å². The lowest BCUT2D eigenvalue weighted by Gasteiger charge is -2.32. The minimum Gasteiger partial charge on any atom is -0.377 e. The van der Waals surface area contributed by atoms with Crippen LogP contribution in [0.1, 0.15) is 33.6 Å². The highest BCUT2D eigenvalue weighted by Gasteiger charge is 2.50. The van der Waals surface area contributed by atoms with E-state index >= 15 is 0 Å². The lowest BCUT2D eigenvalue weighted by molar-refractivity contribution is -0.0494. The average molecular weight is 388 g/mol. The summed E-state index contributed by atoms with van der Waals surface area (Å²) in [4.78, 5) is 4.41. The molecule has 0 aromatic heterocycles. The molecule has 0 unspecified atom stereocenters. The van der Waals surface area contributed by atoms with Gasteiger partial charge in [-0.3, -0.25) is 4.99 Å². The predicted molar refractivity (Wildman–Crippen MR) is 89.8 cm³/mol. The van der Waals surface area contributed by atoms with Gasteiger partial charge in [0.2, 0.25) is 0 Å². The van der Waals surface area contributed by atoms with Gasteiger partial charge in [0, 0.05) is 32.8 Å². The van der Waals surface area contributed by atoms with Crippen molar-refractivity contribution in [3.63, 3.8) is 0 Å². The van der Waals surface area contributed by atoms with Gasteiger partial charge in [-0.1, -0.05) is 0 Å². The summed E-state index contributed by atoms with van der Waals surface area (Å²) in [5.41, 5.74) is -5.69.